The summed E-state index contributed by atoms with van der Waals surface area (Å²) in [5.74, 6) is -0.159. The van der Waals surface area contributed by atoms with E-state index >= 15 is 0 Å². The van der Waals surface area contributed by atoms with Crippen LogP contribution in [0.4, 0.5) is 5.69 Å². The Labute approximate surface area is 154 Å². The molecular weight excluding hydrogens is 328 g/mol. The average molecular weight is 354 g/mol. The lowest BCUT2D eigenvalue weighted by atomic mass is 9.81. The van der Waals surface area contributed by atoms with Crippen LogP contribution in [0, 0.1) is 23.7 Å². The highest BCUT2D eigenvalue weighted by Crippen LogP contribution is 2.56. The van der Waals surface area contributed by atoms with Gasteiger partial charge in [-0.3, -0.25) is 19.3 Å². The Balaban J connectivity index is 1.50. The Morgan fingerprint density at radius 3 is 2.08 bits per heavy atom. The number of rotatable bonds is 5. The molecule has 26 heavy (non-hydrogen) atoms. The number of anilines is 1. The van der Waals surface area contributed by atoms with Gasteiger partial charge in [-0.05, 0) is 55.1 Å². The van der Waals surface area contributed by atoms with E-state index < -0.39 is 0 Å². The Morgan fingerprint density at radius 2 is 1.58 bits per heavy atom. The highest BCUT2D eigenvalue weighted by molar-refractivity contribution is 6.09. The number of likely N-dealkylation sites (tertiary alicyclic amines) is 1. The zero-order valence-corrected chi connectivity index (χ0v) is 15.5. The molecule has 3 aliphatic rings. The first-order valence-electron chi connectivity index (χ1n) is 9.81. The quantitative estimate of drug-likeness (QED) is 0.827. The summed E-state index contributed by atoms with van der Waals surface area (Å²) in [5, 5.41) is 2.97. The lowest BCUT2D eigenvalue weighted by molar-refractivity contribution is -0.143. The molecule has 3 fully saturated rings. The van der Waals surface area contributed by atoms with Gasteiger partial charge < -0.3 is 5.32 Å². The minimum Gasteiger partial charge on any atom is -0.324 e. The fourth-order valence-electron chi connectivity index (χ4n) is 5.35. The van der Waals surface area contributed by atoms with E-state index in [0.717, 1.165) is 48.9 Å². The van der Waals surface area contributed by atoms with E-state index in [0.29, 0.717) is 11.8 Å². The van der Waals surface area contributed by atoms with Gasteiger partial charge in [0.25, 0.3) is 0 Å². The molecule has 1 N–H and O–H groups in total. The zero-order chi connectivity index (χ0) is 18.4. The zero-order valence-electron chi connectivity index (χ0n) is 15.5. The van der Waals surface area contributed by atoms with Crippen LogP contribution in [0.3, 0.4) is 0 Å². The summed E-state index contributed by atoms with van der Waals surface area (Å²) < 4.78 is 0. The number of nitrogens with zero attached hydrogens (tertiary/aromatic N) is 1. The lowest BCUT2D eigenvalue weighted by Gasteiger charge is -2.19. The third-order valence-electron chi connectivity index (χ3n) is 6.58. The Kier molecular flexibility index (Phi) is 4.33. The van der Waals surface area contributed by atoms with E-state index in [1.807, 2.05) is 18.2 Å². The molecule has 0 aromatic heterocycles. The predicted octanol–water partition coefficient (Wildman–Crippen LogP) is 2.78. The van der Waals surface area contributed by atoms with Crippen molar-refractivity contribution in [3.63, 3.8) is 0 Å². The monoisotopic (exact) mass is 354 g/mol. The summed E-state index contributed by atoms with van der Waals surface area (Å²) in [6, 6.07) is 6.00. The first kappa shape index (κ1) is 17.3. The minimum atomic E-state index is -0.283. The van der Waals surface area contributed by atoms with Gasteiger partial charge in [0, 0.05) is 5.69 Å². The van der Waals surface area contributed by atoms with Crippen LogP contribution >= 0.6 is 0 Å². The number of nitrogens with one attached hydrogen (secondary N) is 1. The number of carbonyl (C=O) groups excluding carboxylic acids is 3. The smallest absolute Gasteiger partial charge is 0.244 e. The first-order chi connectivity index (χ1) is 12.5. The fraction of sp³-hybridized carbons (Fsp3) is 0.571. The highest BCUT2D eigenvalue weighted by Gasteiger charge is 2.60. The summed E-state index contributed by atoms with van der Waals surface area (Å²) in [5.41, 5.74) is 2.99. The molecule has 2 aliphatic carbocycles. The molecule has 2 saturated carbocycles. The summed E-state index contributed by atoms with van der Waals surface area (Å²) >= 11 is 0. The molecule has 1 saturated heterocycles. The average Bonchev–Trinajstić information content (AvgIpc) is 3.32. The molecule has 4 atom stereocenters. The predicted molar refractivity (Wildman–Crippen MR) is 98.4 cm³/mol. The number of para-hydroxylation sites is 1. The molecule has 5 heteroatoms. The summed E-state index contributed by atoms with van der Waals surface area (Å²) in [4.78, 5) is 39.3. The molecule has 0 radical (unpaired) electrons. The van der Waals surface area contributed by atoms with Crippen LogP contribution in [-0.4, -0.2) is 29.2 Å². The Morgan fingerprint density at radius 1 is 1.04 bits per heavy atom. The second-order valence-corrected chi connectivity index (χ2v) is 7.85. The van der Waals surface area contributed by atoms with E-state index in [1.54, 1.807) is 0 Å². The van der Waals surface area contributed by atoms with Crippen molar-refractivity contribution >= 4 is 23.4 Å². The number of hydrogen-bond donors (Lipinski definition) is 1. The topological polar surface area (TPSA) is 66.5 Å². The van der Waals surface area contributed by atoms with Gasteiger partial charge in [-0.2, -0.15) is 0 Å². The van der Waals surface area contributed by atoms with Crippen LogP contribution in [0.5, 0.6) is 0 Å². The maximum atomic E-state index is 12.7. The third-order valence-corrected chi connectivity index (χ3v) is 6.58. The van der Waals surface area contributed by atoms with Crippen LogP contribution < -0.4 is 5.32 Å². The molecule has 1 heterocycles. The second-order valence-electron chi connectivity index (χ2n) is 7.85. The molecule has 0 unspecified atom stereocenters. The normalized spacial score (nSPS) is 29.4. The maximum absolute atomic E-state index is 12.7. The van der Waals surface area contributed by atoms with Crippen LogP contribution in [0.25, 0.3) is 0 Å². The molecule has 1 aromatic carbocycles. The molecule has 1 aliphatic heterocycles. The number of fused-ring (bicyclic) bond motifs is 5. The van der Waals surface area contributed by atoms with Crippen molar-refractivity contribution in [3.8, 4) is 0 Å². The van der Waals surface area contributed by atoms with Crippen molar-refractivity contribution in [1.29, 1.82) is 0 Å². The van der Waals surface area contributed by atoms with Crippen molar-refractivity contribution in [1.82, 2.24) is 4.90 Å². The maximum Gasteiger partial charge on any atom is 0.244 e. The first-order valence-corrected chi connectivity index (χ1v) is 9.81. The van der Waals surface area contributed by atoms with Gasteiger partial charge in [0.05, 0.1) is 11.8 Å². The van der Waals surface area contributed by atoms with Gasteiger partial charge in [-0.25, -0.2) is 0 Å². The van der Waals surface area contributed by atoms with Crippen LogP contribution in [-0.2, 0) is 27.2 Å². The number of amides is 3. The van der Waals surface area contributed by atoms with E-state index in [2.05, 4.69) is 19.2 Å². The van der Waals surface area contributed by atoms with Crippen molar-refractivity contribution in [2.45, 2.75) is 46.0 Å². The van der Waals surface area contributed by atoms with Crippen molar-refractivity contribution < 1.29 is 14.4 Å². The molecule has 5 nitrogen and oxygen atoms in total. The Hall–Kier alpha value is -2.17. The fourth-order valence-corrected chi connectivity index (χ4v) is 5.35. The van der Waals surface area contributed by atoms with E-state index in [-0.39, 0.29) is 36.1 Å². The van der Waals surface area contributed by atoms with E-state index in [9.17, 15) is 14.4 Å². The molecule has 1 aromatic rings. The van der Waals surface area contributed by atoms with Gasteiger partial charge in [-0.1, -0.05) is 32.0 Å². The standard InChI is InChI=1S/C21H26N2O3/c1-3-12-6-5-7-13(4-2)19(12)22-16(24)11-23-20(25)17-14-8-9-15(10-14)18(17)21(23)26/h5-7,14-15,17-18H,3-4,8-11H2,1-2H3,(H,22,24)/t14-,15-,17+,18+/m0/s1. The molecule has 3 amide bonds. The number of aryl methyl sites for hydroxylation is 2. The van der Waals surface area contributed by atoms with Gasteiger partial charge in [0.15, 0.2) is 0 Å². The molecule has 0 spiro atoms. The number of benzene rings is 1. The summed E-state index contributed by atoms with van der Waals surface area (Å²) in [6.07, 6.45) is 4.75. The SMILES string of the molecule is CCc1cccc(CC)c1NC(=O)CN1C(=O)[C@@H]2[C@H]3CC[C@@H](C3)[C@H]2C1=O. The molecule has 2 bridgehead atoms. The van der Waals surface area contributed by atoms with E-state index in [4.69, 9.17) is 0 Å². The highest BCUT2D eigenvalue weighted by atomic mass is 16.2. The third kappa shape index (κ3) is 2.56. The molecule has 4 rings (SSSR count). The number of carbonyl (C=O) groups is 3. The minimum absolute atomic E-state index is 0.123. The van der Waals surface area contributed by atoms with Crippen molar-refractivity contribution in [2.75, 3.05) is 11.9 Å². The summed E-state index contributed by atoms with van der Waals surface area (Å²) in [6.45, 7) is 3.94. The second kappa shape index (κ2) is 6.53. The van der Waals surface area contributed by atoms with E-state index in [1.165, 1.54) is 4.90 Å². The molecular formula is C21H26N2O3. The molecule has 138 valence electrons. The van der Waals surface area contributed by atoms with Crippen LogP contribution in [0.2, 0.25) is 0 Å². The van der Waals surface area contributed by atoms with Crippen molar-refractivity contribution in [2.24, 2.45) is 23.7 Å². The van der Waals surface area contributed by atoms with Gasteiger partial charge in [0.1, 0.15) is 6.54 Å². The lowest BCUT2D eigenvalue weighted by Crippen LogP contribution is -2.39. The Bertz CT molecular complexity index is 722. The van der Waals surface area contributed by atoms with Gasteiger partial charge in [-0.15, -0.1) is 0 Å². The van der Waals surface area contributed by atoms with Crippen LogP contribution in [0.1, 0.15) is 44.2 Å². The van der Waals surface area contributed by atoms with Crippen LogP contribution in [0.15, 0.2) is 18.2 Å². The largest absolute Gasteiger partial charge is 0.324 e. The van der Waals surface area contributed by atoms with Gasteiger partial charge >= 0.3 is 0 Å². The van der Waals surface area contributed by atoms with Gasteiger partial charge in [0.2, 0.25) is 17.7 Å². The summed E-state index contributed by atoms with van der Waals surface area (Å²) in [7, 11) is 0. The van der Waals surface area contributed by atoms with Crippen molar-refractivity contribution in [3.05, 3.63) is 29.3 Å². The number of imide groups is 1. The number of hydrogen-bond acceptors (Lipinski definition) is 3.